The molecule has 21 heavy (non-hydrogen) atoms. The number of halogens is 2. The van der Waals surface area contributed by atoms with Crippen LogP contribution in [0.1, 0.15) is 31.7 Å². The van der Waals surface area contributed by atoms with Crippen molar-refractivity contribution in [3.8, 4) is 0 Å². The average molecular weight is 330 g/mol. The van der Waals surface area contributed by atoms with Crippen molar-refractivity contribution in [2.45, 2.75) is 26.2 Å². The Bertz CT molecular complexity index is 463. The van der Waals surface area contributed by atoms with E-state index < -0.39 is 0 Å². The zero-order valence-corrected chi connectivity index (χ0v) is 13.6. The molecule has 116 valence electrons. The molecule has 0 spiro atoms. The van der Waals surface area contributed by atoms with Gasteiger partial charge < -0.3 is 10.4 Å². The molecule has 1 atom stereocenters. The van der Waals surface area contributed by atoms with E-state index in [1.807, 2.05) is 0 Å². The fourth-order valence-electron chi connectivity index (χ4n) is 2.09. The van der Waals surface area contributed by atoms with E-state index in [-0.39, 0.29) is 12.5 Å². The summed E-state index contributed by atoms with van der Waals surface area (Å²) in [7, 11) is 0. The van der Waals surface area contributed by atoms with E-state index >= 15 is 0 Å². The number of hydrogen-bond donors (Lipinski definition) is 2. The number of carbonyl (C=O) groups excluding carboxylic acids is 1. The van der Waals surface area contributed by atoms with Gasteiger partial charge in [0.2, 0.25) is 5.91 Å². The summed E-state index contributed by atoms with van der Waals surface area (Å²) in [6.45, 7) is 2.82. The molecule has 0 heterocycles. The molecule has 0 radical (unpaired) electrons. The maximum atomic E-state index is 11.8. The largest absolute Gasteiger partial charge is 0.396 e. The highest BCUT2D eigenvalue weighted by Gasteiger charge is 2.08. The molecule has 0 aromatic heterocycles. The topological polar surface area (TPSA) is 49.3 Å². The van der Waals surface area contributed by atoms with Gasteiger partial charge >= 0.3 is 0 Å². The summed E-state index contributed by atoms with van der Waals surface area (Å²) in [6, 6.07) is 5.12. The maximum absolute atomic E-state index is 11.8. The number of amides is 1. The van der Waals surface area contributed by atoms with Gasteiger partial charge in [-0.2, -0.15) is 0 Å². The molecule has 3 nitrogen and oxygen atoms in total. The number of aliphatic hydroxyl groups excluding tert-OH is 1. The normalized spacial score (nSPS) is 12.6. The molecule has 0 saturated carbocycles. The van der Waals surface area contributed by atoms with Crippen LogP contribution in [0.25, 0.3) is 6.08 Å². The van der Waals surface area contributed by atoms with Crippen molar-refractivity contribution >= 4 is 35.2 Å². The molecule has 0 aliphatic carbocycles. The SMILES string of the molecule is CCCC(CCO)CNC(=O)/C=C/c1cc(Cl)cc(Cl)c1. The van der Waals surface area contributed by atoms with Gasteiger partial charge in [0.25, 0.3) is 0 Å². The average Bonchev–Trinajstić information content (AvgIpc) is 2.42. The summed E-state index contributed by atoms with van der Waals surface area (Å²) in [5.74, 6) is 0.156. The van der Waals surface area contributed by atoms with Gasteiger partial charge in [-0.05, 0) is 48.6 Å². The van der Waals surface area contributed by atoms with Gasteiger partial charge in [-0.15, -0.1) is 0 Å². The second kappa shape index (κ2) is 9.82. The Labute approximate surface area is 136 Å². The fourth-order valence-corrected chi connectivity index (χ4v) is 2.63. The van der Waals surface area contributed by atoms with E-state index in [0.717, 1.165) is 18.4 Å². The minimum atomic E-state index is -0.162. The van der Waals surface area contributed by atoms with Gasteiger partial charge in [0.1, 0.15) is 0 Å². The van der Waals surface area contributed by atoms with Crippen molar-refractivity contribution < 1.29 is 9.90 Å². The van der Waals surface area contributed by atoms with Crippen molar-refractivity contribution in [3.63, 3.8) is 0 Å². The summed E-state index contributed by atoms with van der Waals surface area (Å²) >= 11 is 11.8. The summed E-state index contributed by atoms with van der Waals surface area (Å²) in [5.41, 5.74) is 0.781. The Balaban J connectivity index is 2.50. The number of rotatable bonds is 8. The smallest absolute Gasteiger partial charge is 0.244 e. The number of hydrogen-bond acceptors (Lipinski definition) is 2. The van der Waals surface area contributed by atoms with Gasteiger partial charge in [0.05, 0.1) is 0 Å². The van der Waals surface area contributed by atoms with Crippen LogP contribution in [-0.2, 0) is 4.79 Å². The van der Waals surface area contributed by atoms with Crippen molar-refractivity contribution in [2.24, 2.45) is 5.92 Å². The van der Waals surface area contributed by atoms with Crippen LogP contribution in [0.15, 0.2) is 24.3 Å². The third kappa shape index (κ3) is 7.51. The molecule has 1 amide bonds. The number of aliphatic hydroxyl groups is 1. The molecule has 5 heteroatoms. The summed E-state index contributed by atoms with van der Waals surface area (Å²) in [6.07, 6.45) is 5.88. The number of benzene rings is 1. The van der Waals surface area contributed by atoms with Crippen LogP contribution in [0, 0.1) is 5.92 Å². The molecule has 0 fully saturated rings. The molecule has 0 bridgehead atoms. The summed E-state index contributed by atoms with van der Waals surface area (Å²) in [5, 5.41) is 12.9. The first-order chi connectivity index (χ1) is 10.0. The van der Waals surface area contributed by atoms with Crippen LogP contribution in [0.3, 0.4) is 0 Å². The number of carbonyl (C=O) groups is 1. The van der Waals surface area contributed by atoms with E-state index in [0.29, 0.717) is 28.9 Å². The monoisotopic (exact) mass is 329 g/mol. The zero-order valence-electron chi connectivity index (χ0n) is 12.1. The molecular formula is C16H21Cl2NO2. The lowest BCUT2D eigenvalue weighted by molar-refractivity contribution is -0.116. The molecule has 2 N–H and O–H groups in total. The Morgan fingerprint density at radius 1 is 1.29 bits per heavy atom. The predicted octanol–water partition coefficient (Wildman–Crippen LogP) is 3.92. The first-order valence-electron chi connectivity index (χ1n) is 7.08. The van der Waals surface area contributed by atoms with Crippen LogP contribution in [0.5, 0.6) is 0 Å². The van der Waals surface area contributed by atoms with Gasteiger partial charge in [0, 0.05) is 29.3 Å². The lowest BCUT2D eigenvalue weighted by Crippen LogP contribution is -2.28. The first-order valence-corrected chi connectivity index (χ1v) is 7.83. The van der Waals surface area contributed by atoms with E-state index in [4.69, 9.17) is 28.3 Å². The summed E-state index contributed by atoms with van der Waals surface area (Å²) in [4.78, 5) is 11.8. The molecular weight excluding hydrogens is 309 g/mol. The van der Waals surface area contributed by atoms with Crippen LogP contribution in [0.4, 0.5) is 0 Å². The molecule has 0 aliphatic rings. The van der Waals surface area contributed by atoms with E-state index in [1.54, 1.807) is 24.3 Å². The highest BCUT2D eigenvalue weighted by molar-refractivity contribution is 6.34. The Kier molecular flexibility index (Phi) is 8.43. The minimum Gasteiger partial charge on any atom is -0.396 e. The second-order valence-electron chi connectivity index (χ2n) is 4.95. The van der Waals surface area contributed by atoms with E-state index in [1.165, 1.54) is 6.08 Å². The number of nitrogens with one attached hydrogen (secondary N) is 1. The van der Waals surface area contributed by atoms with Crippen LogP contribution < -0.4 is 5.32 Å². The van der Waals surface area contributed by atoms with Gasteiger partial charge in [-0.1, -0.05) is 36.5 Å². The lowest BCUT2D eigenvalue weighted by Gasteiger charge is -2.14. The molecule has 1 rings (SSSR count). The van der Waals surface area contributed by atoms with Crippen LogP contribution in [-0.4, -0.2) is 24.2 Å². The highest BCUT2D eigenvalue weighted by atomic mass is 35.5. The fraction of sp³-hybridized carbons (Fsp3) is 0.438. The first kappa shape index (κ1) is 18.0. The van der Waals surface area contributed by atoms with Gasteiger partial charge in [-0.25, -0.2) is 0 Å². The molecule has 1 aromatic rings. The quantitative estimate of drug-likeness (QED) is 0.710. The van der Waals surface area contributed by atoms with Crippen molar-refractivity contribution in [1.29, 1.82) is 0 Å². The van der Waals surface area contributed by atoms with Crippen molar-refractivity contribution in [3.05, 3.63) is 39.9 Å². The lowest BCUT2D eigenvalue weighted by atomic mass is 10.0. The van der Waals surface area contributed by atoms with Gasteiger partial charge in [0.15, 0.2) is 0 Å². The van der Waals surface area contributed by atoms with Crippen molar-refractivity contribution in [2.75, 3.05) is 13.2 Å². The Hall–Kier alpha value is -1.03. The van der Waals surface area contributed by atoms with Crippen molar-refractivity contribution in [1.82, 2.24) is 5.32 Å². The molecule has 0 saturated heterocycles. The molecule has 1 unspecified atom stereocenters. The van der Waals surface area contributed by atoms with E-state index in [2.05, 4.69) is 12.2 Å². The Morgan fingerprint density at radius 3 is 2.52 bits per heavy atom. The minimum absolute atomic E-state index is 0.150. The highest BCUT2D eigenvalue weighted by Crippen LogP contribution is 2.19. The molecule has 0 aliphatic heterocycles. The summed E-state index contributed by atoms with van der Waals surface area (Å²) < 4.78 is 0. The predicted molar refractivity (Wildman–Crippen MR) is 88.6 cm³/mol. The standard InChI is InChI=1S/C16H21Cl2NO2/c1-2-3-12(6-7-20)11-19-16(21)5-4-13-8-14(17)10-15(18)9-13/h4-5,8-10,12,20H,2-3,6-7,11H2,1H3,(H,19,21)/b5-4+. The van der Waals surface area contributed by atoms with Crippen LogP contribution in [0.2, 0.25) is 10.0 Å². The Morgan fingerprint density at radius 2 is 1.95 bits per heavy atom. The molecule has 1 aromatic carbocycles. The maximum Gasteiger partial charge on any atom is 0.244 e. The van der Waals surface area contributed by atoms with E-state index in [9.17, 15) is 4.79 Å². The van der Waals surface area contributed by atoms with Crippen LogP contribution >= 0.6 is 23.2 Å². The zero-order chi connectivity index (χ0) is 15.7. The third-order valence-corrected chi connectivity index (χ3v) is 3.55. The second-order valence-corrected chi connectivity index (χ2v) is 5.82. The third-order valence-electron chi connectivity index (χ3n) is 3.11. The van der Waals surface area contributed by atoms with Gasteiger partial charge in [-0.3, -0.25) is 4.79 Å².